The largest absolute Gasteiger partial charge is 0.301 e. The molecule has 0 saturated carbocycles. The Morgan fingerprint density at radius 1 is 1.45 bits per heavy atom. The summed E-state index contributed by atoms with van der Waals surface area (Å²) in [5.41, 5.74) is 0.923. The van der Waals surface area contributed by atoms with Gasteiger partial charge in [-0.25, -0.2) is 13.8 Å². The predicted octanol–water partition coefficient (Wildman–Crippen LogP) is 2.06. The van der Waals surface area contributed by atoms with E-state index >= 15 is 0 Å². The zero-order valence-electron chi connectivity index (χ0n) is 12.3. The van der Waals surface area contributed by atoms with E-state index in [2.05, 4.69) is 20.5 Å². The molecule has 0 aliphatic carbocycles. The number of thiazole rings is 1. The molecule has 5 nitrogen and oxygen atoms in total. The molecule has 0 bridgehead atoms. The van der Waals surface area contributed by atoms with Crippen LogP contribution in [0.25, 0.3) is 0 Å². The van der Waals surface area contributed by atoms with Crippen LogP contribution in [0.3, 0.4) is 0 Å². The standard InChI is InChI=1S/C14H20F2N4OS/c15-14(16)6-11(17-9-14)12(21)19-13-18-10(8-22-13)7-20-4-2-1-3-5-20/h8,11,17H,1-7,9H2,(H,18,19,21). The number of carbonyl (C=O) groups excluding carboxylic acids is 1. The van der Waals surface area contributed by atoms with Gasteiger partial charge in [-0.05, 0) is 25.9 Å². The molecule has 2 N–H and O–H groups in total. The molecule has 22 heavy (non-hydrogen) atoms. The topological polar surface area (TPSA) is 57.3 Å². The SMILES string of the molecule is O=C(Nc1nc(CN2CCCCC2)cs1)C1CC(F)(F)CN1. The highest BCUT2D eigenvalue weighted by molar-refractivity contribution is 7.13. The first kappa shape index (κ1) is 15.8. The molecule has 1 atom stereocenters. The number of halogens is 2. The van der Waals surface area contributed by atoms with Gasteiger partial charge in [0.2, 0.25) is 5.91 Å². The lowest BCUT2D eigenvalue weighted by Crippen LogP contribution is -2.35. The number of rotatable bonds is 4. The van der Waals surface area contributed by atoms with Crippen LogP contribution in [0.5, 0.6) is 0 Å². The minimum absolute atomic E-state index is 0.434. The highest BCUT2D eigenvalue weighted by Gasteiger charge is 2.42. The molecule has 0 aromatic carbocycles. The van der Waals surface area contributed by atoms with E-state index < -0.39 is 30.8 Å². The maximum Gasteiger partial charge on any atom is 0.262 e. The Bertz CT molecular complexity index is 531. The molecule has 1 amide bonds. The molecule has 122 valence electrons. The normalized spacial score (nSPS) is 25.3. The number of nitrogens with zero attached hydrogens (tertiary/aromatic N) is 2. The summed E-state index contributed by atoms with van der Waals surface area (Å²) >= 11 is 1.34. The summed E-state index contributed by atoms with van der Waals surface area (Å²) in [6.07, 6.45) is 3.27. The van der Waals surface area contributed by atoms with Gasteiger partial charge in [0, 0.05) is 18.3 Å². The number of amides is 1. The highest BCUT2D eigenvalue weighted by atomic mass is 32.1. The molecule has 2 fully saturated rings. The van der Waals surface area contributed by atoms with E-state index in [9.17, 15) is 13.6 Å². The summed E-state index contributed by atoms with van der Waals surface area (Å²) in [6, 6.07) is -0.843. The Hall–Kier alpha value is -1.12. The van der Waals surface area contributed by atoms with E-state index in [-0.39, 0.29) is 0 Å². The second-order valence-corrected chi connectivity index (χ2v) is 6.82. The lowest BCUT2D eigenvalue weighted by Gasteiger charge is -2.25. The van der Waals surface area contributed by atoms with Gasteiger partial charge < -0.3 is 5.32 Å². The highest BCUT2D eigenvalue weighted by Crippen LogP contribution is 2.26. The summed E-state index contributed by atoms with van der Waals surface area (Å²) in [7, 11) is 0. The molecule has 1 aromatic heterocycles. The fourth-order valence-electron chi connectivity index (χ4n) is 2.88. The fourth-order valence-corrected chi connectivity index (χ4v) is 3.58. The maximum atomic E-state index is 13.1. The van der Waals surface area contributed by atoms with Crippen LogP contribution in [-0.2, 0) is 11.3 Å². The van der Waals surface area contributed by atoms with Crippen molar-refractivity contribution < 1.29 is 13.6 Å². The molecule has 2 aliphatic rings. The number of alkyl halides is 2. The molecule has 3 heterocycles. The van der Waals surface area contributed by atoms with Gasteiger partial charge in [0.15, 0.2) is 5.13 Å². The summed E-state index contributed by atoms with van der Waals surface area (Å²) in [6.45, 7) is 2.51. The van der Waals surface area contributed by atoms with Gasteiger partial charge in [-0.3, -0.25) is 15.0 Å². The molecule has 1 unspecified atom stereocenters. The molecule has 8 heteroatoms. The van der Waals surface area contributed by atoms with Gasteiger partial charge in [0.05, 0.1) is 18.3 Å². The number of hydrogen-bond donors (Lipinski definition) is 2. The smallest absolute Gasteiger partial charge is 0.262 e. The molecule has 0 spiro atoms. The third kappa shape index (κ3) is 3.99. The minimum Gasteiger partial charge on any atom is -0.301 e. The van der Waals surface area contributed by atoms with Crippen molar-refractivity contribution in [3.63, 3.8) is 0 Å². The van der Waals surface area contributed by atoms with Gasteiger partial charge in [-0.15, -0.1) is 11.3 Å². The first-order valence-electron chi connectivity index (χ1n) is 7.61. The Labute approximate surface area is 132 Å². The zero-order chi connectivity index (χ0) is 15.6. The zero-order valence-corrected chi connectivity index (χ0v) is 13.1. The molecule has 0 radical (unpaired) electrons. The first-order valence-corrected chi connectivity index (χ1v) is 8.49. The first-order chi connectivity index (χ1) is 10.5. The number of likely N-dealkylation sites (tertiary alicyclic amines) is 1. The van der Waals surface area contributed by atoms with Crippen molar-refractivity contribution >= 4 is 22.4 Å². The second-order valence-electron chi connectivity index (χ2n) is 5.96. The monoisotopic (exact) mass is 330 g/mol. The summed E-state index contributed by atoms with van der Waals surface area (Å²) in [5.74, 6) is -3.24. The average molecular weight is 330 g/mol. The quantitative estimate of drug-likeness (QED) is 0.887. The van der Waals surface area contributed by atoms with Crippen LogP contribution in [0.15, 0.2) is 5.38 Å². The predicted molar refractivity (Wildman–Crippen MR) is 81.2 cm³/mol. The van der Waals surface area contributed by atoms with Crippen LogP contribution in [0.4, 0.5) is 13.9 Å². The second kappa shape index (κ2) is 6.55. The van der Waals surface area contributed by atoms with Crippen LogP contribution in [0.1, 0.15) is 31.4 Å². The Balaban J connectivity index is 1.52. The van der Waals surface area contributed by atoms with E-state index in [1.165, 1.54) is 30.6 Å². The van der Waals surface area contributed by atoms with E-state index in [1.54, 1.807) is 0 Å². The van der Waals surface area contributed by atoms with Gasteiger partial charge >= 0.3 is 0 Å². The van der Waals surface area contributed by atoms with Crippen molar-refractivity contribution in [1.29, 1.82) is 0 Å². The molecule has 1 aromatic rings. The van der Waals surface area contributed by atoms with Crippen molar-refractivity contribution in [2.75, 3.05) is 25.0 Å². The number of aromatic nitrogens is 1. The number of carbonyl (C=O) groups is 1. The van der Waals surface area contributed by atoms with Crippen LogP contribution >= 0.6 is 11.3 Å². The third-order valence-electron chi connectivity index (χ3n) is 4.04. The molecule has 2 aliphatic heterocycles. The van der Waals surface area contributed by atoms with E-state index in [0.717, 1.165) is 25.3 Å². The van der Waals surface area contributed by atoms with E-state index in [4.69, 9.17) is 0 Å². The Kier molecular flexibility index (Phi) is 4.70. The number of nitrogens with one attached hydrogen (secondary N) is 2. The summed E-state index contributed by atoms with van der Waals surface area (Å²) < 4.78 is 26.2. The van der Waals surface area contributed by atoms with E-state index in [1.807, 2.05) is 5.38 Å². The van der Waals surface area contributed by atoms with Gasteiger partial charge in [-0.2, -0.15) is 0 Å². The number of anilines is 1. The van der Waals surface area contributed by atoms with Crippen molar-refractivity contribution in [3.8, 4) is 0 Å². The van der Waals surface area contributed by atoms with Crippen LogP contribution in [0, 0.1) is 0 Å². The van der Waals surface area contributed by atoms with Crippen LogP contribution in [-0.4, -0.2) is 47.4 Å². The lowest BCUT2D eigenvalue weighted by atomic mass is 10.1. The third-order valence-corrected chi connectivity index (χ3v) is 4.85. The maximum absolute atomic E-state index is 13.1. The average Bonchev–Trinajstić information content (AvgIpc) is 3.06. The minimum atomic E-state index is -2.80. The molecule has 3 rings (SSSR count). The van der Waals surface area contributed by atoms with Crippen LogP contribution in [0.2, 0.25) is 0 Å². The Morgan fingerprint density at radius 2 is 2.23 bits per heavy atom. The van der Waals surface area contributed by atoms with Crippen molar-refractivity contribution in [2.24, 2.45) is 0 Å². The van der Waals surface area contributed by atoms with Crippen molar-refractivity contribution in [2.45, 2.75) is 44.2 Å². The van der Waals surface area contributed by atoms with Gasteiger partial charge in [0.1, 0.15) is 0 Å². The summed E-state index contributed by atoms with van der Waals surface area (Å²) in [4.78, 5) is 18.7. The van der Waals surface area contributed by atoms with Gasteiger partial charge in [0.25, 0.3) is 5.92 Å². The lowest BCUT2D eigenvalue weighted by molar-refractivity contribution is -0.118. The molecular weight excluding hydrogens is 310 g/mol. The molecular formula is C14H20F2N4OS. The Morgan fingerprint density at radius 3 is 2.91 bits per heavy atom. The molecule has 2 saturated heterocycles. The fraction of sp³-hybridized carbons (Fsp3) is 0.714. The van der Waals surface area contributed by atoms with Crippen molar-refractivity contribution in [1.82, 2.24) is 15.2 Å². The number of piperidine rings is 1. The van der Waals surface area contributed by atoms with E-state index in [0.29, 0.717) is 5.13 Å². The van der Waals surface area contributed by atoms with Gasteiger partial charge in [-0.1, -0.05) is 6.42 Å². The van der Waals surface area contributed by atoms with Crippen molar-refractivity contribution in [3.05, 3.63) is 11.1 Å². The number of hydrogen-bond acceptors (Lipinski definition) is 5. The van der Waals surface area contributed by atoms with Crippen LogP contribution < -0.4 is 10.6 Å². The summed E-state index contributed by atoms with van der Waals surface area (Å²) in [5, 5.41) is 7.58.